The molecule has 0 heterocycles. The zero-order chi connectivity index (χ0) is 17.6. The average Bonchev–Trinajstić information content (AvgIpc) is 2.56. The first-order valence-corrected chi connectivity index (χ1v) is 8.09. The smallest absolute Gasteiger partial charge is 0.166 e. The summed E-state index contributed by atoms with van der Waals surface area (Å²) in [4.78, 5) is 12.7. The second-order valence-corrected chi connectivity index (χ2v) is 6.65. The van der Waals surface area contributed by atoms with Gasteiger partial charge in [-0.3, -0.25) is 4.79 Å². The Bertz CT molecular complexity index is 810. The molecule has 0 spiro atoms. The zero-order valence-corrected chi connectivity index (χ0v) is 14.3. The van der Waals surface area contributed by atoms with Crippen LogP contribution in [0.2, 0.25) is 0 Å². The zero-order valence-electron chi connectivity index (χ0n) is 14.3. The minimum absolute atomic E-state index is 0.00139. The summed E-state index contributed by atoms with van der Waals surface area (Å²) in [5, 5.41) is 19.9. The van der Waals surface area contributed by atoms with Crippen molar-refractivity contribution in [3.8, 4) is 17.2 Å². The van der Waals surface area contributed by atoms with Crippen LogP contribution in [0, 0.1) is 18.8 Å². The van der Waals surface area contributed by atoms with Gasteiger partial charge in [0.15, 0.2) is 17.3 Å². The van der Waals surface area contributed by atoms with Crippen molar-refractivity contribution in [1.29, 1.82) is 0 Å². The summed E-state index contributed by atoms with van der Waals surface area (Å²) in [5.41, 5.74) is 3.25. The van der Waals surface area contributed by atoms with E-state index in [1.54, 1.807) is 12.1 Å². The summed E-state index contributed by atoms with van der Waals surface area (Å²) in [7, 11) is 1.52. The van der Waals surface area contributed by atoms with E-state index < -0.39 is 0 Å². The summed E-state index contributed by atoms with van der Waals surface area (Å²) in [6.45, 7) is 5.83. The summed E-state index contributed by atoms with van der Waals surface area (Å²) in [6, 6.07) is 8.79. The number of rotatable bonds is 2. The van der Waals surface area contributed by atoms with Gasteiger partial charge in [-0.2, -0.15) is 0 Å². The number of carbonyl (C=O) groups is 1. The number of ether oxygens (including phenoxy) is 1. The van der Waals surface area contributed by atoms with Crippen LogP contribution in [0.5, 0.6) is 17.2 Å². The molecule has 0 fully saturated rings. The minimum atomic E-state index is -0.149. The monoisotopic (exact) mass is 326 g/mol. The number of fused-ring (bicyclic) bond motifs is 1. The predicted molar refractivity (Wildman–Crippen MR) is 92.0 cm³/mol. The fraction of sp³-hybridized carbons (Fsp3) is 0.350. The molecule has 0 radical (unpaired) electrons. The Morgan fingerprint density at radius 1 is 1.04 bits per heavy atom. The van der Waals surface area contributed by atoms with Gasteiger partial charge >= 0.3 is 0 Å². The predicted octanol–water partition coefficient (Wildman–Crippen LogP) is 4.02. The first-order chi connectivity index (χ1) is 11.3. The van der Waals surface area contributed by atoms with Crippen LogP contribution in [0.25, 0.3) is 0 Å². The lowest BCUT2D eigenvalue weighted by molar-refractivity contribution is 0.0865. The molecule has 0 amide bonds. The number of ketones is 1. The van der Waals surface area contributed by atoms with Gasteiger partial charge in [0.25, 0.3) is 0 Å². The summed E-state index contributed by atoms with van der Waals surface area (Å²) in [6.07, 6.45) is 0. The van der Waals surface area contributed by atoms with Crippen molar-refractivity contribution in [2.75, 3.05) is 7.11 Å². The molecule has 0 aromatic heterocycles. The maximum absolute atomic E-state index is 12.7. The molecule has 0 saturated carbocycles. The largest absolute Gasteiger partial charge is 0.508 e. The third kappa shape index (κ3) is 2.42. The number of phenols is 2. The summed E-state index contributed by atoms with van der Waals surface area (Å²) in [5.74, 6) is 0.673. The molecule has 1 aliphatic carbocycles. The fourth-order valence-electron chi connectivity index (χ4n) is 3.62. The van der Waals surface area contributed by atoms with E-state index in [1.807, 2.05) is 32.0 Å². The molecule has 2 N–H and O–H groups in total. The number of phenolic OH excluding ortho intramolecular Hbond substituents is 2. The molecule has 126 valence electrons. The van der Waals surface area contributed by atoms with E-state index in [2.05, 4.69) is 6.92 Å². The van der Waals surface area contributed by atoms with Gasteiger partial charge in [-0.1, -0.05) is 26.0 Å². The number of hydrogen-bond donors (Lipinski definition) is 2. The molecule has 0 aliphatic heterocycles. The second-order valence-electron chi connectivity index (χ2n) is 6.65. The van der Waals surface area contributed by atoms with Gasteiger partial charge in [-0.05, 0) is 47.7 Å². The quantitative estimate of drug-likeness (QED) is 0.875. The molecule has 4 nitrogen and oxygen atoms in total. The first kappa shape index (κ1) is 16.4. The van der Waals surface area contributed by atoms with E-state index in [-0.39, 0.29) is 35.0 Å². The highest BCUT2D eigenvalue weighted by Gasteiger charge is 2.38. The van der Waals surface area contributed by atoms with Crippen molar-refractivity contribution >= 4 is 5.78 Å². The Hall–Kier alpha value is -2.49. The number of hydrogen-bond acceptors (Lipinski definition) is 4. The average molecular weight is 326 g/mol. The van der Waals surface area contributed by atoms with E-state index in [1.165, 1.54) is 7.11 Å². The lowest BCUT2D eigenvalue weighted by Crippen LogP contribution is -2.32. The van der Waals surface area contributed by atoms with E-state index in [0.717, 1.165) is 16.7 Å². The van der Waals surface area contributed by atoms with Crippen molar-refractivity contribution in [3.63, 3.8) is 0 Å². The molecule has 1 aliphatic rings. The Morgan fingerprint density at radius 2 is 1.75 bits per heavy atom. The van der Waals surface area contributed by atoms with Crippen LogP contribution >= 0.6 is 0 Å². The van der Waals surface area contributed by atoms with Crippen molar-refractivity contribution in [2.24, 2.45) is 11.8 Å². The summed E-state index contributed by atoms with van der Waals surface area (Å²) < 4.78 is 5.23. The maximum atomic E-state index is 12.7. The van der Waals surface area contributed by atoms with Crippen LogP contribution in [0.4, 0.5) is 0 Å². The van der Waals surface area contributed by atoms with Crippen molar-refractivity contribution in [1.82, 2.24) is 0 Å². The van der Waals surface area contributed by atoms with Gasteiger partial charge < -0.3 is 14.9 Å². The molecule has 4 heteroatoms. The lowest BCUT2D eigenvalue weighted by Gasteiger charge is -2.36. The maximum Gasteiger partial charge on any atom is 0.166 e. The lowest BCUT2D eigenvalue weighted by atomic mass is 9.67. The Kier molecular flexibility index (Phi) is 3.99. The normalized spacial score (nSPS) is 23.0. The Labute approximate surface area is 141 Å². The third-order valence-electron chi connectivity index (χ3n) is 5.26. The number of aromatic hydroxyl groups is 2. The van der Waals surface area contributed by atoms with Crippen LogP contribution in [-0.4, -0.2) is 23.1 Å². The molecular weight excluding hydrogens is 304 g/mol. The topological polar surface area (TPSA) is 66.8 Å². The number of aryl methyl sites for hydroxylation is 1. The van der Waals surface area contributed by atoms with Crippen LogP contribution in [0.15, 0.2) is 30.3 Å². The van der Waals surface area contributed by atoms with Crippen LogP contribution in [-0.2, 0) is 0 Å². The van der Waals surface area contributed by atoms with E-state index in [9.17, 15) is 15.0 Å². The van der Waals surface area contributed by atoms with Gasteiger partial charge in [-0.15, -0.1) is 0 Å². The van der Waals surface area contributed by atoms with Crippen LogP contribution in [0.1, 0.15) is 46.8 Å². The molecule has 3 atom stereocenters. The standard InChI is InChI=1S/C20H22O4/c1-10-7-14-15(9-17(10)22)20(23)12(3)11(2)19(14)13-5-6-16(21)18(8-13)24-4/h5-9,11-12,19,21-22H,1-4H3/t11-,12-,19-/m1/s1. The SMILES string of the molecule is COc1cc([C@@H]2c3cc(C)c(O)cc3C(=O)[C@H](C)[C@H]2C)ccc1O. The summed E-state index contributed by atoms with van der Waals surface area (Å²) >= 11 is 0. The van der Waals surface area contributed by atoms with Gasteiger partial charge in [0.05, 0.1) is 7.11 Å². The van der Waals surface area contributed by atoms with Gasteiger partial charge in [-0.25, -0.2) is 0 Å². The molecule has 2 aromatic rings. The van der Waals surface area contributed by atoms with Gasteiger partial charge in [0.1, 0.15) is 5.75 Å². The van der Waals surface area contributed by atoms with Crippen molar-refractivity contribution < 1.29 is 19.7 Å². The highest BCUT2D eigenvalue weighted by molar-refractivity contribution is 6.01. The van der Waals surface area contributed by atoms with Crippen LogP contribution < -0.4 is 4.74 Å². The Balaban J connectivity index is 2.22. The van der Waals surface area contributed by atoms with E-state index >= 15 is 0 Å². The fourth-order valence-corrected chi connectivity index (χ4v) is 3.62. The number of methoxy groups -OCH3 is 1. The minimum Gasteiger partial charge on any atom is -0.508 e. The molecule has 0 unspecified atom stereocenters. The second kappa shape index (κ2) is 5.86. The van der Waals surface area contributed by atoms with Crippen molar-refractivity contribution in [3.05, 3.63) is 52.6 Å². The molecule has 24 heavy (non-hydrogen) atoms. The highest BCUT2D eigenvalue weighted by atomic mass is 16.5. The van der Waals surface area contributed by atoms with E-state index in [0.29, 0.717) is 11.3 Å². The molecule has 2 aromatic carbocycles. The highest BCUT2D eigenvalue weighted by Crippen LogP contribution is 2.46. The number of benzene rings is 2. The molecule has 0 saturated heterocycles. The third-order valence-corrected chi connectivity index (χ3v) is 5.26. The first-order valence-electron chi connectivity index (χ1n) is 8.09. The van der Waals surface area contributed by atoms with E-state index in [4.69, 9.17) is 4.74 Å². The molecular formula is C20H22O4. The van der Waals surface area contributed by atoms with Gasteiger partial charge in [0, 0.05) is 17.4 Å². The van der Waals surface area contributed by atoms with Gasteiger partial charge in [0.2, 0.25) is 0 Å². The number of carbonyl (C=O) groups excluding carboxylic acids is 1. The van der Waals surface area contributed by atoms with Crippen molar-refractivity contribution in [2.45, 2.75) is 26.7 Å². The van der Waals surface area contributed by atoms with Crippen LogP contribution in [0.3, 0.4) is 0 Å². The number of Topliss-reactive ketones (excluding diaryl/α,β-unsaturated/α-hetero) is 1. The Morgan fingerprint density at radius 3 is 2.42 bits per heavy atom. The molecule has 3 rings (SSSR count). The molecule has 0 bridgehead atoms.